The number of carbonyl (C=O) groups is 2. The van der Waals surface area contributed by atoms with Gasteiger partial charge in [0.05, 0.1) is 6.04 Å². The number of likely N-dealkylation sites (tertiary alicyclic amines) is 1. The number of nitrogens with zero attached hydrogens (tertiary/aromatic N) is 1. The van der Waals surface area contributed by atoms with Crippen molar-refractivity contribution in [3.05, 3.63) is 34.6 Å². The summed E-state index contributed by atoms with van der Waals surface area (Å²) >= 11 is 0. The summed E-state index contributed by atoms with van der Waals surface area (Å²) in [6, 6.07) is -0.485. The van der Waals surface area contributed by atoms with Gasteiger partial charge in [-0.1, -0.05) is 56.9 Å². The van der Waals surface area contributed by atoms with Crippen molar-refractivity contribution in [1.29, 1.82) is 0 Å². The molecule has 1 amide bonds. The van der Waals surface area contributed by atoms with Crippen LogP contribution in [0.2, 0.25) is 0 Å². The minimum atomic E-state index is -0.485. The number of carbonyl (C=O) groups excluding carboxylic acids is 2. The predicted octanol–water partition coefficient (Wildman–Crippen LogP) is 5.08. The molecule has 0 aromatic rings. The zero-order valence-corrected chi connectivity index (χ0v) is 19.0. The first-order valence-corrected chi connectivity index (χ1v) is 11.2. The van der Waals surface area contributed by atoms with E-state index in [1.165, 1.54) is 22.5 Å². The molecule has 0 aromatic carbocycles. The van der Waals surface area contributed by atoms with E-state index in [0.717, 1.165) is 12.8 Å². The van der Waals surface area contributed by atoms with E-state index in [-0.39, 0.29) is 46.7 Å². The molecule has 1 aliphatic heterocycles. The summed E-state index contributed by atoms with van der Waals surface area (Å²) in [5.41, 5.74) is 2.48. The number of aliphatic hydroxyl groups excluding tert-OH is 1. The number of hydrogen-bond donors (Lipinski definition) is 1. The number of fused-ring (bicyclic) bond motifs is 1. The molecule has 0 spiro atoms. The molecule has 0 bridgehead atoms. The smallest absolute Gasteiger partial charge is 0.261 e. The van der Waals surface area contributed by atoms with Crippen molar-refractivity contribution in [1.82, 2.24) is 4.90 Å². The molecule has 3 rings (SSSR count). The zero-order chi connectivity index (χ0) is 21.6. The highest BCUT2D eigenvalue weighted by molar-refractivity contribution is 6.26. The van der Waals surface area contributed by atoms with Gasteiger partial charge in [-0.25, -0.2) is 0 Å². The lowest BCUT2D eigenvalue weighted by Gasteiger charge is -2.47. The van der Waals surface area contributed by atoms with Gasteiger partial charge in [0.25, 0.3) is 5.91 Å². The Morgan fingerprint density at radius 3 is 2.48 bits per heavy atom. The van der Waals surface area contributed by atoms with Crippen LogP contribution in [0.1, 0.15) is 60.8 Å². The Labute approximate surface area is 175 Å². The van der Waals surface area contributed by atoms with Crippen LogP contribution in [0, 0.1) is 35.5 Å². The maximum absolute atomic E-state index is 13.2. The average molecular weight is 400 g/mol. The van der Waals surface area contributed by atoms with E-state index in [2.05, 4.69) is 32.9 Å². The topological polar surface area (TPSA) is 57.6 Å². The third-order valence-electron chi connectivity index (χ3n) is 7.71. The van der Waals surface area contributed by atoms with Gasteiger partial charge in [0.15, 0.2) is 5.78 Å². The molecule has 6 unspecified atom stereocenters. The average Bonchev–Trinajstić information content (AvgIpc) is 2.88. The second kappa shape index (κ2) is 8.12. The summed E-state index contributed by atoms with van der Waals surface area (Å²) in [5.74, 6) is 0.452. The van der Waals surface area contributed by atoms with Gasteiger partial charge in [-0.15, -0.1) is 0 Å². The van der Waals surface area contributed by atoms with Crippen molar-refractivity contribution in [3.63, 3.8) is 0 Å². The fourth-order valence-electron chi connectivity index (χ4n) is 6.29. The summed E-state index contributed by atoms with van der Waals surface area (Å²) < 4.78 is 0. The molecule has 1 heterocycles. The van der Waals surface area contributed by atoms with Crippen molar-refractivity contribution in [2.75, 3.05) is 7.05 Å². The van der Waals surface area contributed by atoms with Gasteiger partial charge in [0.1, 0.15) is 11.3 Å². The Morgan fingerprint density at radius 2 is 1.93 bits per heavy atom. The number of amides is 1. The van der Waals surface area contributed by atoms with Crippen molar-refractivity contribution < 1.29 is 14.7 Å². The Balaban J connectivity index is 2.18. The van der Waals surface area contributed by atoms with E-state index in [1.54, 1.807) is 7.05 Å². The normalized spacial score (nSPS) is 37.7. The summed E-state index contributed by atoms with van der Waals surface area (Å²) in [7, 11) is 1.68. The van der Waals surface area contributed by atoms with E-state index in [1.807, 2.05) is 20.8 Å². The summed E-state index contributed by atoms with van der Waals surface area (Å²) in [4.78, 5) is 27.8. The molecule has 29 heavy (non-hydrogen) atoms. The highest BCUT2D eigenvalue weighted by Gasteiger charge is 2.50. The van der Waals surface area contributed by atoms with E-state index in [0.29, 0.717) is 11.8 Å². The number of ketones is 1. The lowest BCUT2D eigenvalue weighted by Crippen LogP contribution is -2.42. The number of hydrogen-bond acceptors (Lipinski definition) is 3. The molecule has 0 aromatic heterocycles. The van der Waals surface area contributed by atoms with Crippen LogP contribution >= 0.6 is 0 Å². The SMILES string of the molecule is CC=C(C)C1C(C)=CC2CCCC(C)C2C1C(O)=C1C(=O)C(C(C)C)N(C)C1=O. The molecule has 0 radical (unpaired) electrons. The molecular weight excluding hydrogens is 362 g/mol. The van der Waals surface area contributed by atoms with Crippen LogP contribution in [0.4, 0.5) is 0 Å². The van der Waals surface area contributed by atoms with Crippen LogP contribution in [0.15, 0.2) is 34.6 Å². The minimum absolute atomic E-state index is 0.0177. The number of likely N-dealkylation sites (N-methyl/N-ethyl adjacent to an activating group) is 1. The molecule has 4 nitrogen and oxygen atoms in total. The highest BCUT2D eigenvalue weighted by atomic mass is 16.3. The second-order valence-corrected chi connectivity index (χ2v) is 9.83. The van der Waals surface area contributed by atoms with Crippen LogP contribution in [0.25, 0.3) is 0 Å². The number of allylic oxidation sites excluding steroid dienone is 5. The third-order valence-corrected chi connectivity index (χ3v) is 7.71. The van der Waals surface area contributed by atoms with E-state index in [4.69, 9.17) is 0 Å². The molecule has 1 saturated carbocycles. The molecule has 1 saturated heterocycles. The maximum atomic E-state index is 13.2. The van der Waals surface area contributed by atoms with Crippen molar-refractivity contribution >= 4 is 11.7 Å². The van der Waals surface area contributed by atoms with Gasteiger partial charge in [0, 0.05) is 18.9 Å². The Morgan fingerprint density at radius 1 is 1.28 bits per heavy atom. The first-order chi connectivity index (χ1) is 13.6. The van der Waals surface area contributed by atoms with Crippen molar-refractivity contribution in [2.24, 2.45) is 35.5 Å². The molecular formula is C25H37NO3. The molecule has 6 atom stereocenters. The van der Waals surface area contributed by atoms with Crippen molar-refractivity contribution in [2.45, 2.75) is 66.8 Å². The first kappa shape index (κ1) is 21.9. The standard InChI is InChI=1S/C25H37NO3/c1-8-14(4)18-16(6)12-17-11-9-10-15(5)19(17)20(18)23(27)21-24(28)22(13(2)3)26(7)25(21)29/h8,12-13,15,17-20,22,27H,9-11H2,1-7H3. The lowest BCUT2D eigenvalue weighted by molar-refractivity contribution is -0.126. The quantitative estimate of drug-likeness (QED) is 0.312. The molecule has 1 N–H and O–H groups in total. The molecule has 4 heteroatoms. The molecule has 2 aliphatic carbocycles. The van der Waals surface area contributed by atoms with Crippen LogP contribution in [0.5, 0.6) is 0 Å². The predicted molar refractivity (Wildman–Crippen MR) is 116 cm³/mol. The molecule has 160 valence electrons. The fraction of sp³-hybridized carbons (Fsp3) is 0.680. The monoisotopic (exact) mass is 399 g/mol. The molecule has 3 aliphatic rings. The van der Waals surface area contributed by atoms with Crippen LogP contribution in [-0.2, 0) is 9.59 Å². The highest BCUT2D eigenvalue weighted by Crippen LogP contribution is 2.52. The second-order valence-electron chi connectivity index (χ2n) is 9.83. The summed E-state index contributed by atoms with van der Waals surface area (Å²) in [6.07, 6.45) is 7.93. The van der Waals surface area contributed by atoms with Crippen LogP contribution in [-0.4, -0.2) is 34.8 Å². The number of Topliss-reactive ketones (excluding diaryl/α,β-unsaturated/α-hetero) is 1. The first-order valence-electron chi connectivity index (χ1n) is 11.2. The summed E-state index contributed by atoms with van der Waals surface area (Å²) in [6.45, 7) is 12.4. The van der Waals surface area contributed by atoms with E-state index >= 15 is 0 Å². The van der Waals surface area contributed by atoms with E-state index < -0.39 is 6.04 Å². The summed E-state index contributed by atoms with van der Waals surface area (Å²) in [5, 5.41) is 11.6. The van der Waals surface area contributed by atoms with Gasteiger partial charge < -0.3 is 10.0 Å². The van der Waals surface area contributed by atoms with Gasteiger partial charge >= 0.3 is 0 Å². The Bertz CT molecular complexity index is 788. The Kier molecular flexibility index (Phi) is 6.12. The van der Waals surface area contributed by atoms with Gasteiger partial charge in [-0.3, -0.25) is 9.59 Å². The van der Waals surface area contributed by atoms with E-state index in [9.17, 15) is 14.7 Å². The molecule has 2 fully saturated rings. The fourth-order valence-corrected chi connectivity index (χ4v) is 6.29. The Hall–Kier alpha value is -1.84. The lowest BCUT2D eigenvalue weighted by atomic mass is 9.57. The van der Waals surface area contributed by atoms with Crippen molar-refractivity contribution in [3.8, 4) is 0 Å². The number of aliphatic hydroxyl groups is 1. The van der Waals surface area contributed by atoms with Gasteiger partial charge in [0.2, 0.25) is 0 Å². The maximum Gasteiger partial charge on any atom is 0.261 e. The zero-order valence-electron chi connectivity index (χ0n) is 19.0. The van der Waals surface area contributed by atoms with Crippen LogP contribution in [0.3, 0.4) is 0 Å². The third kappa shape index (κ3) is 3.49. The largest absolute Gasteiger partial charge is 0.511 e. The van der Waals surface area contributed by atoms with Gasteiger partial charge in [-0.05, 0) is 50.9 Å². The minimum Gasteiger partial charge on any atom is -0.511 e. The van der Waals surface area contributed by atoms with Crippen LogP contribution < -0.4 is 0 Å². The number of rotatable bonds is 3. The van der Waals surface area contributed by atoms with Gasteiger partial charge in [-0.2, -0.15) is 0 Å².